The second-order valence-corrected chi connectivity index (χ2v) is 5.39. The molecule has 0 bridgehead atoms. The number of rotatable bonds is 5. The van der Waals surface area contributed by atoms with Crippen LogP contribution in [0, 0.1) is 0 Å². The Morgan fingerprint density at radius 1 is 1.33 bits per heavy atom. The predicted octanol–water partition coefficient (Wildman–Crippen LogP) is 0.539. The summed E-state index contributed by atoms with van der Waals surface area (Å²) in [6.07, 6.45) is 3.77. The average molecular weight is 290 g/mol. The minimum atomic E-state index is 0.840. The van der Waals surface area contributed by atoms with E-state index in [9.17, 15) is 0 Å². The summed E-state index contributed by atoms with van der Waals surface area (Å²) in [4.78, 5) is 9.07. The lowest BCUT2D eigenvalue weighted by molar-refractivity contribution is 0.0398. The van der Waals surface area contributed by atoms with Crippen LogP contribution in [0.25, 0.3) is 5.65 Å². The van der Waals surface area contributed by atoms with Gasteiger partial charge < -0.3 is 15.0 Å². The summed E-state index contributed by atoms with van der Waals surface area (Å²) in [6.45, 7) is 5.60. The molecular formula is C14H22N6O. The molecule has 1 aliphatic rings. The van der Waals surface area contributed by atoms with Gasteiger partial charge >= 0.3 is 0 Å². The molecule has 0 radical (unpaired) electrons. The van der Waals surface area contributed by atoms with E-state index in [-0.39, 0.29) is 0 Å². The lowest BCUT2D eigenvalue weighted by atomic mass is 10.4. The molecule has 7 nitrogen and oxygen atoms in total. The number of morpholine rings is 1. The maximum atomic E-state index is 5.35. The second-order valence-electron chi connectivity index (χ2n) is 5.39. The van der Waals surface area contributed by atoms with Crippen molar-refractivity contribution in [1.82, 2.24) is 19.5 Å². The van der Waals surface area contributed by atoms with Gasteiger partial charge in [-0.3, -0.25) is 4.90 Å². The predicted molar refractivity (Wildman–Crippen MR) is 83.1 cm³/mol. The Morgan fingerprint density at radius 2 is 2.14 bits per heavy atom. The molecule has 3 heterocycles. The van der Waals surface area contributed by atoms with Gasteiger partial charge in [0.2, 0.25) is 0 Å². The number of nitrogens with one attached hydrogen (secondary N) is 1. The normalized spacial score (nSPS) is 16.3. The first-order valence-electron chi connectivity index (χ1n) is 7.30. The minimum Gasteiger partial charge on any atom is -0.379 e. The van der Waals surface area contributed by atoms with E-state index in [1.807, 2.05) is 37.5 Å². The van der Waals surface area contributed by atoms with Crippen LogP contribution in [0.2, 0.25) is 0 Å². The van der Waals surface area contributed by atoms with E-state index in [2.05, 4.69) is 20.3 Å². The summed E-state index contributed by atoms with van der Waals surface area (Å²) < 4.78 is 7.14. The Balaban J connectivity index is 1.62. The van der Waals surface area contributed by atoms with Gasteiger partial charge in [0.05, 0.1) is 19.4 Å². The van der Waals surface area contributed by atoms with Crippen LogP contribution in [0.5, 0.6) is 0 Å². The Hall–Kier alpha value is -1.86. The smallest absolute Gasteiger partial charge is 0.180 e. The third-order valence-corrected chi connectivity index (χ3v) is 3.67. The summed E-state index contributed by atoms with van der Waals surface area (Å²) in [5, 5.41) is 7.68. The Morgan fingerprint density at radius 3 is 2.90 bits per heavy atom. The molecule has 114 valence electrons. The molecule has 0 aromatic carbocycles. The lowest BCUT2D eigenvalue weighted by Crippen LogP contribution is -2.39. The molecule has 7 heteroatoms. The topological polar surface area (TPSA) is 57.9 Å². The van der Waals surface area contributed by atoms with Crippen molar-refractivity contribution < 1.29 is 4.74 Å². The zero-order valence-electron chi connectivity index (χ0n) is 12.6. The lowest BCUT2D eigenvalue weighted by Gasteiger charge is -2.26. The van der Waals surface area contributed by atoms with E-state index in [4.69, 9.17) is 4.74 Å². The first-order valence-corrected chi connectivity index (χ1v) is 7.30. The molecule has 0 amide bonds. The van der Waals surface area contributed by atoms with Gasteiger partial charge in [-0.1, -0.05) is 0 Å². The van der Waals surface area contributed by atoms with Gasteiger partial charge in [-0.15, -0.1) is 0 Å². The Labute approximate surface area is 124 Å². The van der Waals surface area contributed by atoms with Crippen LogP contribution >= 0.6 is 0 Å². The van der Waals surface area contributed by atoms with Gasteiger partial charge in [-0.25, -0.2) is 9.50 Å². The average Bonchev–Trinajstić information content (AvgIpc) is 2.92. The highest BCUT2D eigenvalue weighted by Gasteiger charge is 2.10. The zero-order chi connectivity index (χ0) is 14.7. The molecule has 0 unspecified atom stereocenters. The molecule has 1 N–H and O–H groups in total. The zero-order valence-corrected chi connectivity index (χ0v) is 12.6. The van der Waals surface area contributed by atoms with Gasteiger partial charge in [0.1, 0.15) is 11.5 Å². The minimum absolute atomic E-state index is 0.840. The fourth-order valence-electron chi connectivity index (χ4n) is 2.44. The number of anilines is 2. The van der Waals surface area contributed by atoms with Gasteiger partial charge in [0, 0.05) is 46.5 Å². The molecule has 2 aromatic heterocycles. The maximum absolute atomic E-state index is 5.35. The van der Waals surface area contributed by atoms with Crippen LogP contribution in [0.1, 0.15) is 0 Å². The molecule has 1 saturated heterocycles. The van der Waals surface area contributed by atoms with Crippen LogP contribution in [0.4, 0.5) is 11.5 Å². The molecular weight excluding hydrogens is 268 g/mol. The largest absolute Gasteiger partial charge is 0.379 e. The summed E-state index contributed by atoms with van der Waals surface area (Å²) >= 11 is 0. The molecule has 0 aliphatic carbocycles. The molecule has 2 aromatic rings. The summed E-state index contributed by atoms with van der Waals surface area (Å²) in [7, 11) is 3.99. The Kier molecular flexibility index (Phi) is 4.21. The van der Waals surface area contributed by atoms with E-state index in [0.29, 0.717) is 0 Å². The molecule has 0 atom stereocenters. The highest BCUT2D eigenvalue weighted by Crippen LogP contribution is 2.18. The van der Waals surface area contributed by atoms with E-state index >= 15 is 0 Å². The quantitative estimate of drug-likeness (QED) is 0.867. The van der Waals surface area contributed by atoms with Crippen LogP contribution in [-0.4, -0.2) is 73.0 Å². The van der Waals surface area contributed by atoms with Crippen molar-refractivity contribution in [3.05, 3.63) is 18.5 Å². The second kappa shape index (κ2) is 6.28. The molecule has 1 aliphatic heterocycles. The van der Waals surface area contributed by atoms with Crippen molar-refractivity contribution in [1.29, 1.82) is 0 Å². The van der Waals surface area contributed by atoms with E-state index in [1.54, 1.807) is 4.52 Å². The van der Waals surface area contributed by atoms with Gasteiger partial charge in [-0.05, 0) is 6.07 Å². The van der Waals surface area contributed by atoms with Crippen molar-refractivity contribution >= 4 is 17.2 Å². The van der Waals surface area contributed by atoms with Crippen molar-refractivity contribution in [2.45, 2.75) is 0 Å². The Bertz CT molecular complexity index is 590. The van der Waals surface area contributed by atoms with Gasteiger partial charge in [-0.2, -0.15) is 5.10 Å². The van der Waals surface area contributed by atoms with Crippen molar-refractivity contribution in [3.63, 3.8) is 0 Å². The number of ether oxygens (including phenoxy) is 1. The first-order chi connectivity index (χ1) is 10.2. The van der Waals surface area contributed by atoms with E-state index in [1.165, 1.54) is 0 Å². The first kappa shape index (κ1) is 14.1. The van der Waals surface area contributed by atoms with Gasteiger partial charge in [0.25, 0.3) is 0 Å². The third kappa shape index (κ3) is 3.25. The van der Waals surface area contributed by atoms with Crippen LogP contribution in [0.3, 0.4) is 0 Å². The van der Waals surface area contributed by atoms with E-state index in [0.717, 1.165) is 56.5 Å². The molecule has 1 fully saturated rings. The number of hydrogen-bond acceptors (Lipinski definition) is 6. The molecule has 3 rings (SSSR count). The molecule has 0 saturated carbocycles. The van der Waals surface area contributed by atoms with Crippen molar-refractivity contribution in [2.24, 2.45) is 0 Å². The van der Waals surface area contributed by atoms with Crippen LogP contribution in [-0.2, 0) is 4.74 Å². The maximum Gasteiger partial charge on any atom is 0.180 e. The summed E-state index contributed by atoms with van der Waals surface area (Å²) in [5.74, 6) is 0.888. The fourth-order valence-corrected chi connectivity index (χ4v) is 2.44. The highest BCUT2D eigenvalue weighted by atomic mass is 16.5. The summed E-state index contributed by atoms with van der Waals surface area (Å²) in [6, 6.07) is 1.96. The van der Waals surface area contributed by atoms with Gasteiger partial charge in [0.15, 0.2) is 5.65 Å². The summed E-state index contributed by atoms with van der Waals surface area (Å²) in [5.41, 5.74) is 1.89. The number of fused-ring (bicyclic) bond motifs is 1. The van der Waals surface area contributed by atoms with Crippen LogP contribution in [0.15, 0.2) is 18.5 Å². The molecule has 21 heavy (non-hydrogen) atoms. The number of hydrogen-bond donors (Lipinski definition) is 1. The monoisotopic (exact) mass is 290 g/mol. The van der Waals surface area contributed by atoms with Crippen molar-refractivity contribution in [3.8, 4) is 0 Å². The molecule has 0 spiro atoms. The van der Waals surface area contributed by atoms with Crippen molar-refractivity contribution in [2.75, 3.05) is 63.7 Å². The highest BCUT2D eigenvalue weighted by molar-refractivity contribution is 5.68. The van der Waals surface area contributed by atoms with E-state index < -0.39 is 0 Å². The van der Waals surface area contributed by atoms with Crippen LogP contribution < -0.4 is 10.2 Å². The third-order valence-electron chi connectivity index (χ3n) is 3.67. The number of aromatic nitrogens is 3. The SMILES string of the molecule is CN(C)c1cnn2ccc(NCCN3CCOCC3)nc12. The number of nitrogens with zero attached hydrogens (tertiary/aromatic N) is 5. The standard InChI is InChI=1S/C14H22N6O/c1-18(2)12-11-16-20-5-3-13(17-14(12)20)15-4-6-19-7-9-21-10-8-19/h3,5,11H,4,6-10H2,1-2H3,(H,15,17). The fraction of sp³-hybridized carbons (Fsp3) is 0.571.